The van der Waals surface area contributed by atoms with E-state index >= 15 is 0 Å². The van der Waals surface area contributed by atoms with E-state index in [1.165, 1.54) is 12.3 Å². The number of hydrogen-bond donors (Lipinski definition) is 3. The van der Waals surface area contributed by atoms with Gasteiger partial charge < -0.3 is 20.6 Å². The zero-order valence-electron chi connectivity index (χ0n) is 13.7. The van der Waals surface area contributed by atoms with Gasteiger partial charge in [0.2, 0.25) is 0 Å². The van der Waals surface area contributed by atoms with Gasteiger partial charge in [0, 0.05) is 12.2 Å². The van der Waals surface area contributed by atoms with Gasteiger partial charge in [-0.05, 0) is 57.2 Å². The largest absolute Gasteiger partial charge is 0.505 e. The molecule has 0 bridgehead atoms. The van der Waals surface area contributed by atoms with E-state index in [0.717, 1.165) is 31.6 Å². The fraction of sp³-hybridized carbons (Fsp3) is 0.333. The fourth-order valence-corrected chi connectivity index (χ4v) is 2.84. The molecule has 3 rings (SSSR count). The second-order valence-electron chi connectivity index (χ2n) is 6.09. The molecule has 1 aromatic carbocycles. The van der Waals surface area contributed by atoms with E-state index in [0.29, 0.717) is 11.7 Å². The number of hydrogen-bond acceptors (Lipinski definition) is 5. The zero-order valence-corrected chi connectivity index (χ0v) is 13.7. The third-order valence-corrected chi connectivity index (χ3v) is 4.25. The fourth-order valence-electron chi connectivity index (χ4n) is 2.84. The summed E-state index contributed by atoms with van der Waals surface area (Å²) < 4.78 is 0. The second kappa shape index (κ2) is 7.31. The topological polar surface area (TPSA) is 77.5 Å². The van der Waals surface area contributed by atoms with Crippen LogP contribution in [-0.4, -0.2) is 47.1 Å². The van der Waals surface area contributed by atoms with Crippen LogP contribution >= 0.6 is 0 Å². The molecule has 0 radical (unpaired) electrons. The maximum absolute atomic E-state index is 12.4. The number of carbonyl (C=O) groups excluding carboxylic acids is 1. The molecule has 0 atom stereocenters. The Hall–Kier alpha value is -2.60. The normalized spacial score (nSPS) is 15.9. The van der Waals surface area contributed by atoms with Crippen LogP contribution < -0.4 is 10.6 Å². The van der Waals surface area contributed by atoms with Crippen molar-refractivity contribution in [1.82, 2.24) is 9.88 Å². The monoisotopic (exact) mass is 326 g/mol. The predicted octanol–water partition coefficient (Wildman–Crippen LogP) is 2.55. The molecule has 1 saturated heterocycles. The Bertz CT molecular complexity index is 712. The third kappa shape index (κ3) is 3.83. The van der Waals surface area contributed by atoms with Crippen molar-refractivity contribution >= 4 is 17.3 Å². The summed E-state index contributed by atoms with van der Waals surface area (Å²) in [7, 11) is 2.13. The first-order valence-corrected chi connectivity index (χ1v) is 8.13. The quantitative estimate of drug-likeness (QED) is 0.805. The zero-order chi connectivity index (χ0) is 16.9. The highest BCUT2D eigenvalue weighted by atomic mass is 16.3. The number of nitrogens with zero attached hydrogens (tertiary/aromatic N) is 2. The van der Waals surface area contributed by atoms with Crippen molar-refractivity contribution in [3.05, 3.63) is 48.3 Å². The average molecular weight is 326 g/mol. The standard InChI is InChI=1S/C18H22N4O2/c1-22-11-8-13(9-12-22)20-14-5-2-3-6-15(14)21-18(24)17-16(23)7-4-10-19-17/h2-7,10,13,20,23H,8-9,11-12H2,1H3,(H,21,24). The molecule has 0 saturated carbocycles. The summed E-state index contributed by atoms with van der Waals surface area (Å²) in [6.45, 7) is 2.13. The summed E-state index contributed by atoms with van der Waals surface area (Å²) in [5.41, 5.74) is 1.59. The van der Waals surface area contributed by atoms with E-state index < -0.39 is 5.91 Å². The minimum atomic E-state index is -0.425. The number of amides is 1. The number of carbonyl (C=O) groups is 1. The molecule has 126 valence electrons. The van der Waals surface area contributed by atoms with Gasteiger partial charge in [-0.3, -0.25) is 4.79 Å². The first-order chi connectivity index (χ1) is 11.6. The van der Waals surface area contributed by atoms with Gasteiger partial charge >= 0.3 is 0 Å². The van der Waals surface area contributed by atoms with Gasteiger partial charge in [-0.1, -0.05) is 12.1 Å². The molecule has 2 heterocycles. The van der Waals surface area contributed by atoms with E-state index in [4.69, 9.17) is 0 Å². The number of aromatic nitrogens is 1. The molecule has 1 fully saturated rings. The molecule has 1 amide bonds. The molecule has 0 spiro atoms. The van der Waals surface area contributed by atoms with E-state index in [2.05, 4.69) is 27.6 Å². The van der Waals surface area contributed by atoms with Crippen LogP contribution in [-0.2, 0) is 0 Å². The maximum Gasteiger partial charge on any atom is 0.278 e. The number of benzene rings is 1. The van der Waals surface area contributed by atoms with Crippen LogP contribution in [0, 0.1) is 0 Å². The summed E-state index contributed by atoms with van der Waals surface area (Å²) in [6, 6.07) is 11.0. The summed E-state index contributed by atoms with van der Waals surface area (Å²) in [6.07, 6.45) is 3.62. The van der Waals surface area contributed by atoms with E-state index in [1.54, 1.807) is 6.07 Å². The van der Waals surface area contributed by atoms with Gasteiger partial charge in [-0.15, -0.1) is 0 Å². The molecule has 6 heteroatoms. The molecule has 1 aliphatic heterocycles. The molecule has 24 heavy (non-hydrogen) atoms. The number of piperidine rings is 1. The van der Waals surface area contributed by atoms with Crippen molar-refractivity contribution in [2.75, 3.05) is 30.8 Å². The number of anilines is 2. The summed E-state index contributed by atoms with van der Waals surface area (Å²) in [5, 5.41) is 16.1. The van der Waals surface area contributed by atoms with Crippen molar-refractivity contribution in [2.24, 2.45) is 0 Å². The highest BCUT2D eigenvalue weighted by Crippen LogP contribution is 2.25. The lowest BCUT2D eigenvalue weighted by Crippen LogP contribution is -2.36. The Morgan fingerprint density at radius 2 is 1.88 bits per heavy atom. The number of pyridine rings is 1. The van der Waals surface area contributed by atoms with Gasteiger partial charge in [0.05, 0.1) is 11.4 Å². The summed E-state index contributed by atoms with van der Waals surface area (Å²) >= 11 is 0. The first-order valence-electron chi connectivity index (χ1n) is 8.13. The number of para-hydroxylation sites is 2. The second-order valence-corrected chi connectivity index (χ2v) is 6.09. The van der Waals surface area contributed by atoms with E-state index in [9.17, 15) is 9.90 Å². The maximum atomic E-state index is 12.4. The van der Waals surface area contributed by atoms with E-state index in [-0.39, 0.29) is 11.4 Å². The lowest BCUT2D eigenvalue weighted by atomic mass is 10.0. The molecule has 6 nitrogen and oxygen atoms in total. The van der Waals surface area contributed by atoms with Crippen molar-refractivity contribution in [3.63, 3.8) is 0 Å². The average Bonchev–Trinajstić information content (AvgIpc) is 2.59. The van der Waals surface area contributed by atoms with E-state index in [1.807, 2.05) is 24.3 Å². The summed E-state index contributed by atoms with van der Waals surface area (Å²) in [5.74, 6) is -0.554. The smallest absolute Gasteiger partial charge is 0.278 e. The Kier molecular flexibility index (Phi) is 4.96. The molecule has 3 N–H and O–H groups in total. The minimum absolute atomic E-state index is 0.0200. The molecular weight excluding hydrogens is 304 g/mol. The van der Waals surface area contributed by atoms with Crippen LogP contribution in [0.4, 0.5) is 11.4 Å². The number of nitrogens with one attached hydrogen (secondary N) is 2. The van der Waals surface area contributed by atoms with Crippen molar-refractivity contribution in [3.8, 4) is 5.75 Å². The van der Waals surface area contributed by atoms with Crippen LogP contribution in [0.1, 0.15) is 23.3 Å². The highest BCUT2D eigenvalue weighted by Gasteiger charge is 2.18. The van der Waals surface area contributed by atoms with Crippen molar-refractivity contribution < 1.29 is 9.90 Å². The number of likely N-dealkylation sites (tertiary alicyclic amines) is 1. The molecule has 1 aliphatic rings. The van der Waals surface area contributed by atoms with Gasteiger partial charge in [-0.25, -0.2) is 4.98 Å². The van der Waals surface area contributed by atoms with Gasteiger partial charge in [0.1, 0.15) is 5.75 Å². The van der Waals surface area contributed by atoms with Crippen LogP contribution in [0.2, 0.25) is 0 Å². The SMILES string of the molecule is CN1CCC(Nc2ccccc2NC(=O)c2ncccc2O)CC1. The third-order valence-electron chi connectivity index (χ3n) is 4.25. The van der Waals surface area contributed by atoms with Gasteiger partial charge in [0.15, 0.2) is 5.69 Å². The number of aromatic hydroxyl groups is 1. The van der Waals surface area contributed by atoms with Crippen LogP contribution in [0.5, 0.6) is 5.75 Å². The number of rotatable bonds is 4. The minimum Gasteiger partial charge on any atom is -0.505 e. The molecular formula is C18H22N4O2. The predicted molar refractivity (Wildman–Crippen MR) is 94.4 cm³/mol. The highest BCUT2D eigenvalue weighted by molar-refractivity contribution is 6.06. The lowest BCUT2D eigenvalue weighted by Gasteiger charge is -2.30. The molecule has 2 aromatic rings. The van der Waals surface area contributed by atoms with Crippen molar-refractivity contribution in [1.29, 1.82) is 0 Å². The van der Waals surface area contributed by atoms with Crippen LogP contribution in [0.3, 0.4) is 0 Å². The van der Waals surface area contributed by atoms with Crippen molar-refractivity contribution in [2.45, 2.75) is 18.9 Å². The molecule has 0 aliphatic carbocycles. The Labute approximate surface area is 141 Å². The lowest BCUT2D eigenvalue weighted by molar-refractivity contribution is 0.101. The summed E-state index contributed by atoms with van der Waals surface area (Å²) in [4.78, 5) is 18.6. The first kappa shape index (κ1) is 16.3. The van der Waals surface area contributed by atoms with Gasteiger partial charge in [0.25, 0.3) is 5.91 Å². The Morgan fingerprint density at radius 1 is 1.17 bits per heavy atom. The Morgan fingerprint density at radius 3 is 2.58 bits per heavy atom. The van der Waals surface area contributed by atoms with Crippen LogP contribution in [0.15, 0.2) is 42.6 Å². The molecule has 1 aromatic heterocycles. The van der Waals surface area contributed by atoms with Gasteiger partial charge in [-0.2, -0.15) is 0 Å². The Balaban J connectivity index is 1.72. The molecule has 0 unspecified atom stereocenters. The van der Waals surface area contributed by atoms with Crippen LogP contribution in [0.25, 0.3) is 0 Å².